The summed E-state index contributed by atoms with van der Waals surface area (Å²) in [5.74, 6) is 0. The van der Waals surface area contributed by atoms with Gasteiger partial charge in [0, 0.05) is 38.3 Å². The molecule has 1 saturated heterocycles. The first kappa shape index (κ1) is 13.3. The third-order valence-corrected chi connectivity index (χ3v) is 4.56. The molecule has 0 radical (unpaired) electrons. The van der Waals surface area contributed by atoms with Gasteiger partial charge in [-0.25, -0.2) is 0 Å². The second-order valence-electron chi connectivity index (χ2n) is 5.53. The number of hydrogen-bond acceptors (Lipinski definition) is 3. The minimum absolute atomic E-state index is 0.799. The van der Waals surface area contributed by atoms with Gasteiger partial charge in [0.1, 0.15) is 0 Å². The predicted molar refractivity (Wildman–Crippen MR) is 73.4 cm³/mol. The highest BCUT2D eigenvalue weighted by Crippen LogP contribution is 2.24. The summed E-state index contributed by atoms with van der Waals surface area (Å²) in [5, 5.41) is 3.60. The molecule has 0 amide bonds. The van der Waals surface area contributed by atoms with Crippen LogP contribution < -0.4 is 5.32 Å². The molecule has 0 atom stereocenters. The van der Waals surface area contributed by atoms with Crippen molar-refractivity contribution in [3.8, 4) is 0 Å². The highest BCUT2D eigenvalue weighted by atomic mass is 15.3. The monoisotopic (exact) mass is 239 g/mol. The van der Waals surface area contributed by atoms with Crippen LogP contribution in [0.25, 0.3) is 0 Å². The van der Waals surface area contributed by atoms with Gasteiger partial charge in [-0.2, -0.15) is 0 Å². The van der Waals surface area contributed by atoms with Gasteiger partial charge in [-0.1, -0.05) is 13.8 Å². The molecule has 100 valence electrons. The number of nitrogens with zero attached hydrogens (tertiary/aromatic N) is 2. The molecule has 3 heteroatoms. The standard InChI is InChI=1S/C14H29N3/c1-3-15-13-5-7-14(8-6-13)17-11-9-16(4-2)10-12-17/h13-15H,3-12H2,1-2H3. The van der Waals surface area contributed by atoms with E-state index < -0.39 is 0 Å². The molecule has 0 bridgehead atoms. The van der Waals surface area contributed by atoms with Crippen molar-refractivity contribution in [1.82, 2.24) is 15.1 Å². The van der Waals surface area contributed by atoms with Gasteiger partial charge in [-0.05, 0) is 38.8 Å². The highest BCUT2D eigenvalue weighted by molar-refractivity contribution is 4.85. The summed E-state index contributed by atoms with van der Waals surface area (Å²) in [6.07, 6.45) is 5.58. The lowest BCUT2D eigenvalue weighted by Gasteiger charge is -2.41. The maximum Gasteiger partial charge on any atom is 0.0113 e. The molecule has 1 heterocycles. The van der Waals surface area contributed by atoms with E-state index in [-0.39, 0.29) is 0 Å². The molecular weight excluding hydrogens is 210 g/mol. The van der Waals surface area contributed by atoms with Crippen LogP contribution in [-0.4, -0.2) is 61.2 Å². The molecule has 2 aliphatic rings. The molecule has 2 fully saturated rings. The van der Waals surface area contributed by atoms with Crippen LogP contribution in [0.4, 0.5) is 0 Å². The van der Waals surface area contributed by atoms with Crippen LogP contribution in [0, 0.1) is 0 Å². The lowest BCUT2D eigenvalue weighted by Crippen LogP contribution is -2.51. The van der Waals surface area contributed by atoms with Crippen LogP contribution in [0.1, 0.15) is 39.5 Å². The van der Waals surface area contributed by atoms with Crippen LogP contribution in [-0.2, 0) is 0 Å². The Hall–Kier alpha value is -0.120. The van der Waals surface area contributed by atoms with Gasteiger partial charge in [0.05, 0.1) is 0 Å². The Morgan fingerprint density at radius 3 is 2.12 bits per heavy atom. The van der Waals surface area contributed by atoms with E-state index in [4.69, 9.17) is 0 Å². The number of nitrogens with one attached hydrogen (secondary N) is 1. The fraction of sp³-hybridized carbons (Fsp3) is 1.00. The summed E-state index contributed by atoms with van der Waals surface area (Å²) in [5.41, 5.74) is 0. The quantitative estimate of drug-likeness (QED) is 0.803. The number of hydrogen-bond donors (Lipinski definition) is 1. The average Bonchev–Trinajstić information content (AvgIpc) is 2.40. The van der Waals surface area contributed by atoms with Gasteiger partial charge < -0.3 is 10.2 Å². The molecule has 3 nitrogen and oxygen atoms in total. The van der Waals surface area contributed by atoms with E-state index in [0.29, 0.717) is 0 Å². The lowest BCUT2D eigenvalue weighted by molar-refractivity contribution is 0.0767. The van der Waals surface area contributed by atoms with Crippen molar-refractivity contribution >= 4 is 0 Å². The fourth-order valence-electron chi connectivity index (χ4n) is 3.38. The minimum Gasteiger partial charge on any atom is -0.314 e. The molecule has 1 aliphatic carbocycles. The number of piperazine rings is 1. The van der Waals surface area contributed by atoms with Gasteiger partial charge in [0.25, 0.3) is 0 Å². The van der Waals surface area contributed by atoms with Crippen LogP contribution in [0.2, 0.25) is 0 Å². The van der Waals surface area contributed by atoms with Crippen molar-refractivity contribution in [2.75, 3.05) is 39.3 Å². The van der Waals surface area contributed by atoms with Crippen LogP contribution in [0.5, 0.6) is 0 Å². The molecule has 0 aromatic heterocycles. The number of likely N-dealkylation sites (N-methyl/N-ethyl adjacent to an activating group) is 1. The zero-order chi connectivity index (χ0) is 12.1. The molecule has 1 aliphatic heterocycles. The summed E-state index contributed by atoms with van der Waals surface area (Å²) < 4.78 is 0. The molecular formula is C14H29N3. The van der Waals surface area contributed by atoms with Crippen molar-refractivity contribution < 1.29 is 0 Å². The smallest absolute Gasteiger partial charge is 0.0113 e. The molecule has 2 rings (SSSR count). The average molecular weight is 239 g/mol. The highest BCUT2D eigenvalue weighted by Gasteiger charge is 2.27. The van der Waals surface area contributed by atoms with Crippen molar-refractivity contribution in [1.29, 1.82) is 0 Å². The van der Waals surface area contributed by atoms with Gasteiger partial charge in [0.2, 0.25) is 0 Å². The Morgan fingerprint density at radius 2 is 1.59 bits per heavy atom. The Kier molecular flexibility index (Phi) is 5.26. The maximum absolute atomic E-state index is 3.60. The second kappa shape index (κ2) is 6.72. The van der Waals surface area contributed by atoms with E-state index in [0.717, 1.165) is 18.6 Å². The topological polar surface area (TPSA) is 18.5 Å². The van der Waals surface area contributed by atoms with E-state index in [1.165, 1.54) is 58.4 Å². The predicted octanol–water partition coefficient (Wildman–Crippen LogP) is 1.54. The lowest BCUT2D eigenvalue weighted by atomic mass is 9.90. The SMILES string of the molecule is CCNC1CCC(N2CCN(CC)CC2)CC1. The molecule has 0 aromatic carbocycles. The Balaban J connectivity index is 1.70. The molecule has 0 spiro atoms. The van der Waals surface area contributed by atoms with Gasteiger partial charge in [-0.3, -0.25) is 4.90 Å². The Labute approximate surface area is 107 Å². The molecule has 17 heavy (non-hydrogen) atoms. The normalized spacial score (nSPS) is 32.8. The Bertz CT molecular complexity index is 204. The molecule has 0 aromatic rings. The van der Waals surface area contributed by atoms with E-state index >= 15 is 0 Å². The van der Waals surface area contributed by atoms with E-state index in [1.807, 2.05) is 0 Å². The third kappa shape index (κ3) is 3.67. The first-order valence-corrected chi connectivity index (χ1v) is 7.53. The van der Waals surface area contributed by atoms with Gasteiger partial charge >= 0.3 is 0 Å². The second-order valence-corrected chi connectivity index (χ2v) is 5.53. The van der Waals surface area contributed by atoms with E-state index in [9.17, 15) is 0 Å². The zero-order valence-corrected chi connectivity index (χ0v) is 11.6. The van der Waals surface area contributed by atoms with Crippen LogP contribution in [0.15, 0.2) is 0 Å². The summed E-state index contributed by atoms with van der Waals surface area (Å²) in [7, 11) is 0. The first-order chi connectivity index (χ1) is 8.33. The number of rotatable bonds is 4. The van der Waals surface area contributed by atoms with Crippen molar-refractivity contribution in [3.63, 3.8) is 0 Å². The van der Waals surface area contributed by atoms with Crippen molar-refractivity contribution in [2.24, 2.45) is 0 Å². The minimum atomic E-state index is 0.799. The van der Waals surface area contributed by atoms with Crippen LogP contribution >= 0.6 is 0 Å². The fourth-order valence-corrected chi connectivity index (χ4v) is 3.38. The Morgan fingerprint density at radius 1 is 0.941 bits per heavy atom. The third-order valence-electron chi connectivity index (χ3n) is 4.56. The molecule has 1 saturated carbocycles. The van der Waals surface area contributed by atoms with Crippen LogP contribution in [0.3, 0.4) is 0 Å². The molecule has 1 N–H and O–H groups in total. The summed E-state index contributed by atoms with van der Waals surface area (Å²) in [4.78, 5) is 5.31. The van der Waals surface area contributed by atoms with E-state index in [1.54, 1.807) is 0 Å². The molecule has 0 unspecified atom stereocenters. The zero-order valence-electron chi connectivity index (χ0n) is 11.6. The first-order valence-electron chi connectivity index (χ1n) is 7.53. The largest absolute Gasteiger partial charge is 0.314 e. The van der Waals surface area contributed by atoms with Crippen molar-refractivity contribution in [3.05, 3.63) is 0 Å². The summed E-state index contributed by atoms with van der Waals surface area (Å²) in [6, 6.07) is 1.68. The summed E-state index contributed by atoms with van der Waals surface area (Å²) in [6.45, 7) is 12.0. The summed E-state index contributed by atoms with van der Waals surface area (Å²) >= 11 is 0. The maximum atomic E-state index is 3.60. The van der Waals surface area contributed by atoms with Crippen molar-refractivity contribution in [2.45, 2.75) is 51.6 Å². The van der Waals surface area contributed by atoms with E-state index in [2.05, 4.69) is 29.0 Å². The van der Waals surface area contributed by atoms with Gasteiger partial charge in [0.15, 0.2) is 0 Å². The van der Waals surface area contributed by atoms with Gasteiger partial charge in [-0.15, -0.1) is 0 Å².